The van der Waals surface area contributed by atoms with E-state index in [9.17, 15) is 0 Å². The second kappa shape index (κ2) is 2.89. The lowest BCUT2D eigenvalue weighted by atomic mass is 10.0. The van der Waals surface area contributed by atoms with Crippen molar-refractivity contribution >= 4 is 0 Å². The first-order valence-corrected chi connectivity index (χ1v) is 3.97. The monoisotopic (exact) mass is 143 g/mol. The van der Waals surface area contributed by atoms with Crippen LogP contribution in [0.15, 0.2) is 0 Å². The van der Waals surface area contributed by atoms with E-state index in [1.807, 2.05) is 0 Å². The average Bonchev–Trinajstić information content (AvgIpc) is 1.94. The van der Waals surface area contributed by atoms with E-state index in [1.54, 1.807) is 0 Å². The Hall–Kier alpha value is -0.0800. The molecule has 0 saturated carbocycles. The van der Waals surface area contributed by atoms with Gasteiger partial charge in [-0.15, -0.1) is 0 Å². The molecule has 2 heteroatoms. The summed E-state index contributed by atoms with van der Waals surface area (Å²) < 4.78 is 5.48. The summed E-state index contributed by atoms with van der Waals surface area (Å²) in [5.74, 6) is 0. The van der Waals surface area contributed by atoms with Crippen molar-refractivity contribution in [2.24, 2.45) is 0 Å². The molecular weight excluding hydrogens is 126 g/mol. The molecule has 1 aliphatic heterocycles. The third-order valence-electron chi connectivity index (χ3n) is 2.00. The summed E-state index contributed by atoms with van der Waals surface area (Å²) in [7, 11) is 0. The smallest absolute Gasteiger partial charge is 0.0671 e. The maximum Gasteiger partial charge on any atom is 0.0671 e. The normalized spacial score (nSPS) is 33.3. The Morgan fingerprint density at radius 2 is 2.20 bits per heavy atom. The molecule has 1 atom stereocenters. The third-order valence-corrected chi connectivity index (χ3v) is 2.00. The molecule has 1 unspecified atom stereocenters. The van der Waals surface area contributed by atoms with Crippen LogP contribution in [0.2, 0.25) is 0 Å². The van der Waals surface area contributed by atoms with Gasteiger partial charge in [-0.2, -0.15) is 0 Å². The zero-order valence-corrected chi connectivity index (χ0v) is 7.11. The Kier molecular flexibility index (Phi) is 2.32. The number of hydrogen-bond acceptors (Lipinski definition) is 2. The van der Waals surface area contributed by atoms with Gasteiger partial charge in [0.2, 0.25) is 0 Å². The summed E-state index contributed by atoms with van der Waals surface area (Å²) in [6, 6.07) is 0. The maximum absolute atomic E-state index is 5.48. The molecule has 0 aromatic rings. The summed E-state index contributed by atoms with van der Waals surface area (Å²) >= 11 is 0. The fourth-order valence-electron chi connectivity index (χ4n) is 1.08. The van der Waals surface area contributed by atoms with Gasteiger partial charge in [0.05, 0.1) is 6.10 Å². The second-order valence-corrected chi connectivity index (χ2v) is 3.70. The predicted molar refractivity (Wildman–Crippen MR) is 42.1 cm³/mol. The fraction of sp³-hybridized carbons (Fsp3) is 1.00. The highest BCUT2D eigenvalue weighted by Crippen LogP contribution is 2.12. The Morgan fingerprint density at radius 3 is 2.90 bits per heavy atom. The molecule has 0 spiro atoms. The summed E-state index contributed by atoms with van der Waals surface area (Å²) in [6.45, 7) is 8.41. The van der Waals surface area contributed by atoms with Crippen molar-refractivity contribution in [2.75, 3.05) is 13.2 Å². The average molecular weight is 143 g/mol. The molecule has 1 fully saturated rings. The van der Waals surface area contributed by atoms with Crippen LogP contribution in [0.1, 0.15) is 27.2 Å². The number of hydrogen-bond donors (Lipinski definition) is 1. The van der Waals surface area contributed by atoms with Crippen LogP contribution < -0.4 is 5.32 Å². The lowest BCUT2D eigenvalue weighted by Gasteiger charge is -2.22. The summed E-state index contributed by atoms with van der Waals surface area (Å²) in [5.41, 5.74) is 0.269. The van der Waals surface area contributed by atoms with Crippen molar-refractivity contribution in [3.63, 3.8) is 0 Å². The van der Waals surface area contributed by atoms with Crippen LogP contribution in [-0.2, 0) is 4.74 Å². The van der Waals surface area contributed by atoms with Crippen LogP contribution in [0.4, 0.5) is 0 Å². The van der Waals surface area contributed by atoms with E-state index >= 15 is 0 Å². The Balaban J connectivity index is 2.41. The summed E-state index contributed by atoms with van der Waals surface area (Å²) in [6.07, 6.45) is 1.49. The van der Waals surface area contributed by atoms with Crippen LogP contribution in [0.3, 0.4) is 0 Å². The van der Waals surface area contributed by atoms with E-state index < -0.39 is 0 Å². The zero-order valence-electron chi connectivity index (χ0n) is 7.11. The zero-order chi connectivity index (χ0) is 7.61. The molecule has 0 bridgehead atoms. The van der Waals surface area contributed by atoms with Gasteiger partial charge in [-0.1, -0.05) is 0 Å². The molecule has 1 N–H and O–H groups in total. The SMILES string of the molecule is CC1CNC(C)(C)CCO1. The molecule has 0 aliphatic carbocycles. The first-order valence-electron chi connectivity index (χ1n) is 3.97. The van der Waals surface area contributed by atoms with Crippen LogP contribution in [0.25, 0.3) is 0 Å². The lowest BCUT2D eigenvalue weighted by Crippen LogP contribution is -2.40. The molecule has 0 aromatic carbocycles. The van der Waals surface area contributed by atoms with Gasteiger partial charge in [-0.25, -0.2) is 0 Å². The van der Waals surface area contributed by atoms with Gasteiger partial charge >= 0.3 is 0 Å². The van der Waals surface area contributed by atoms with Gasteiger partial charge in [0.25, 0.3) is 0 Å². The third kappa shape index (κ3) is 2.27. The topological polar surface area (TPSA) is 21.3 Å². The number of ether oxygens (including phenoxy) is 1. The van der Waals surface area contributed by atoms with Crippen LogP contribution in [0, 0.1) is 0 Å². The summed E-state index contributed by atoms with van der Waals surface area (Å²) in [5, 5.41) is 3.45. The molecule has 1 saturated heterocycles. The van der Waals surface area contributed by atoms with Crippen LogP contribution >= 0.6 is 0 Å². The van der Waals surface area contributed by atoms with Gasteiger partial charge in [0.1, 0.15) is 0 Å². The van der Waals surface area contributed by atoms with Gasteiger partial charge in [-0.3, -0.25) is 0 Å². The Labute approximate surface area is 63.0 Å². The molecule has 1 rings (SSSR count). The number of nitrogens with one attached hydrogen (secondary N) is 1. The van der Waals surface area contributed by atoms with Crippen LogP contribution in [-0.4, -0.2) is 24.8 Å². The minimum atomic E-state index is 0.269. The van der Waals surface area contributed by atoms with E-state index in [0.29, 0.717) is 6.10 Å². The molecule has 2 nitrogen and oxygen atoms in total. The van der Waals surface area contributed by atoms with Crippen LogP contribution in [0.5, 0.6) is 0 Å². The van der Waals surface area contributed by atoms with Crippen molar-refractivity contribution in [1.82, 2.24) is 5.32 Å². The Bertz CT molecular complexity index is 112. The molecule has 60 valence electrons. The first-order chi connectivity index (χ1) is 4.60. The van der Waals surface area contributed by atoms with E-state index in [4.69, 9.17) is 4.74 Å². The second-order valence-electron chi connectivity index (χ2n) is 3.70. The minimum Gasteiger partial charge on any atom is -0.377 e. The molecule has 0 amide bonds. The molecule has 10 heavy (non-hydrogen) atoms. The van der Waals surface area contributed by atoms with E-state index in [1.165, 1.54) is 0 Å². The number of rotatable bonds is 0. The van der Waals surface area contributed by atoms with E-state index in [0.717, 1.165) is 19.6 Å². The highest BCUT2D eigenvalue weighted by molar-refractivity contribution is 4.80. The van der Waals surface area contributed by atoms with Gasteiger partial charge in [0.15, 0.2) is 0 Å². The predicted octanol–water partition coefficient (Wildman–Crippen LogP) is 1.16. The standard InChI is InChI=1S/C8H17NO/c1-7-6-9-8(2,3)4-5-10-7/h7,9H,4-6H2,1-3H3. The van der Waals surface area contributed by atoms with Crippen molar-refractivity contribution in [2.45, 2.75) is 38.8 Å². The minimum absolute atomic E-state index is 0.269. The molecule has 0 radical (unpaired) electrons. The van der Waals surface area contributed by atoms with Crippen molar-refractivity contribution < 1.29 is 4.74 Å². The van der Waals surface area contributed by atoms with Crippen molar-refractivity contribution in [3.8, 4) is 0 Å². The van der Waals surface area contributed by atoms with E-state index in [-0.39, 0.29) is 5.54 Å². The van der Waals surface area contributed by atoms with Crippen molar-refractivity contribution in [3.05, 3.63) is 0 Å². The summed E-state index contributed by atoms with van der Waals surface area (Å²) in [4.78, 5) is 0. The highest BCUT2D eigenvalue weighted by Gasteiger charge is 2.21. The van der Waals surface area contributed by atoms with Crippen molar-refractivity contribution in [1.29, 1.82) is 0 Å². The molecule has 1 aliphatic rings. The van der Waals surface area contributed by atoms with E-state index in [2.05, 4.69) is 26.1 Å². The highest BCUT2D eigenvalue weighted by atomic mass is 16.5. The van der Waals surface area contributed by atoms with Gasteiger partial charge in [0, 0.05) is 18.7 Å². The maximum atomic E-state index is 5.48. The molecule has 1 heterocycles. The quantitative estimate of drug-likeness (QED) is 0.549. The fourth-order valence-corrected chi connectivity index (χ4v) is 1.08. The van der Waals surface area contributed by atoms with Gasteiger partial charge in [-0.05, 0) is 27.2 Å². The molecule has 0 aromatic heterocycles. The first kappa shape index (κ1) is 8.02. The largest absolute Gasteiger partial charge is 0.377 e. The molecular formula is C8H17NO. The lowest BCUT2D eigenvalue weighted by molar-refractivity contribution is 0.0789. The Morgan fingerprint density at radius 1 is 1.50 bits per heavy atom. The van der Waals surface area contributed by atoms with Gasteiger partial charge < -0.3 is 10.1 Å².